The van der Waals surface area contributed by atoms with Crippen molar-refractivity contribution >= 4 is 23.6 Å². The van der Waals surface area contributed by atoms with E-state index in [-0.39, 0.29) is 12.5 Å². The molecule has 1 unspecified atom stereocenters. The minimum Gasteiger partial charge on any atom is -0.395 e. The highest BCUT2D eigenvalue weighted by atomic mass is 16.1. The molecule has 4 rings (SSSR count). The predicted octanol–water partition coefficient (Wildman–Crippen LogP) is 2.76. The van der Waals surface area contributed by atoms with Crippen molar-refractivity contribution in [3.8, 4) is 0 Å². The van der Waals surface area contributed by atoms with Crippen molar-refractivity contribution in [1.29, 1.82) is 0 Å². The van der Waals surface area contributed by atoms with Crippen molar-refractivity contribution < 1.29 is 4.79 Å². The summed E-state index contributed by atoms with van der Waals surface area (Å²) in [6, 6.07) is 21.0. The predicted molar refractivity (Wildman–Crippen MR) is 161 cm³/mol. The molecule has 10 heteroatoms. The van der Waals surface area contributed by atoms with Gasteiger partial charge in [-0.1, -0.05) is 54.6 Å². The lowest BCUT2D eigenvalue weighted by atomic mass is 9.89. The highest BCUT2D eigenvalue weighted by Crippen LogP contribution is 2.35. The number of hydrogen-bond acceptors (Lipinski definition) is 9. The number of nitrogen functional groups attached to an aromatic ring is 3. The molecule has 0 fully saturated rings. The van der Waals surface area contributed by atoms with Gasteiger partial charge in [0.25, 0.3) is 0 Å². The van der Waals surface area contributed by atoms with Gasteiger partial charge in [-0.25, -0.2) is 10.8 Å². The molecule has 0 saturated carbocycles. The van der Waals surface area contributed by atoms with Gasteiger partial charge in [0, 0.05) is 25.2 Å². The smallest absolute Gasteiger partial charge is 0.165 e. The second-order valence-corrected chi connectivity index (χ2v) is 10.0. The molecular weight excluding hydrogens is 502 g/mol. The van der Waals surface area contributed by atoms with Crippen LogP contribution >= 0.6 is 0 Å². The Kier molecular flexibility index (Phi) is 10.2. The molecule has 40 heavy (non-hydrogen) atoms. The molecule has 0 amide bonds. The van der Waals surface area contributed by atoms with Crippen molar-refractivity contribution in [1.82, 2.24) is 25.0 Å². The summed E-state index contributed by atoms with van der Waals surface area (Å²) in [5, 5.41) is 7.78. The first-order valence-electron chi connectivity index (χ1n) is 13.5. The fourth-order valence-electron chi connectivity index (χ4n) is 4.92. The van der Waals surface area contributed by atoms with E-state index in [1.807, 2.05) is 23.1 Å². The Labute approximate surface area is 235 Å². The van der Waals surface area contributed by atoms with E-state index in [1.54, 1.807) is 6.07 Å². The van der Waals surface area contributed by atoms with Crippen molar-refractivity contribution in [2.45, 2.75) is 31.8 Å². The van der Waals surface area contributed by atoms with E-state index in [4.69, 9.17) is 17.3 Å². The monoisotopic (exact) mass is 541 g/mol. The number of hydrogen-bond donors (Lipinski definition) is 5. The largest absolute Gasteiger partial charge is 0.395 e. The molecule has 10 nitrogen and oxygen atoms in total. The summed E-state index contributed by atoms with van der Waals surface area (Å²) in [5.74, 6) is 6.16. The molecule has 2 aromatic heterocycles. The van der Waals surface area contributed by atoms with E-state index in [0.717, 1.165) is 36.9 Å². The van der Waals surface area contributed by atoms with Gasteiger partial charge in [0.15, 0.2) is 5.82 Å². The maximum atomic E-state index is 10.8. The third-order valence-electron chi connectivity index (χ3n) is 6.93. The van der Waals surface area contributed by atoms with E-state index < -0.39 is 0 Å². The highest BCUT2D eigenvalue weighted by molar-refractivity contribution is 5.70. The first-order chi connectivity index (χ1) is 19.5. The number of nitrogens with one attached hydrogen (secondary N) is 2. The van der Waals surface area contributed by atoms with Gasteiger partial charge in [-0.2, -0.15) is 5.10 Å². The van der Waals surface area contributed by atoms with Crippen molar-refractivity contribution in [3.63, 3.8) is 0 Å². The molecule has 4 aromatic rings. The average Bonchev–Trinajstić information content (AvgIpc) is 3.42. The lowest BCUT2D eigenvalue weighted by Crippen LogP contribution is -2.21. The zero-order valence-corrected chi connectivity index (χ0v) is 23.0. The van der Waals surface area contributed by atoms with Crippen LogP contribution in [0, 0.1) is 0 Å². The number of rotatable bonds is 15. The minimum atomic E-state index is -0.116. The molecule has 210 valence electrons. The second kappa shape index (κ2) is 14.2. The number of nitrogens with two attached hydrogens (primary N) is 3. The SMILES string of the molecule is CN(CCc1ccccc1)Cc1cccc(Cn2cc(C(CCNCC=O)c3cc(N)nc(NN)c3N)cn2)c1. The van der Waals surface area contributed by atoms with Crippen molar-refractivity contribution in [2.24, 2.45) is 5.84 Å². The van der Waals surface area contributed by atoms with E-state index in [0.29, 0.717) is 36.8 Å². The summed E-state index contributed by atoms with van der Waals surface area (Å²) in [5.41, 5.74) is 21.0. The summed E-state index contributed by atoms with van der Waals surface area (Å²) in [6.07, 6.45) is 6.45. The lowest BCUT2D eigenvalue weighted by molar-refractivity contribution is -0.107. The number of carbonyl (C=O) groups is 1. The Morgan fingerprint density at radius 2 is 1.82 bits per heavy atom. The average molecular weight is 542 g/mol. The number of nitrogens with zero attached hydrogens (tertiary/aromatic N) is 4. The molecule has 2 heterocycles. The van der Waals surface area contributed by atoms with Crippen LogP contribution in [0.25, 0.3) is 0 Å². The van der Waals surface area contributed by atoms with Crippen molar-refractivity contribution in [2.75, 3.05) is 43.6 Å². The van der Waals surface area contributed by atoms with E-state index >= 15 is 0 Å². The van der Waals surface area contributed by atoms with Crippen LogP contribution < -0.4 is 28.1 Å². The van der Waals surface area contributed by atoms with Crippen LogP contribution in [-0.2, 0) is 24.3 Å². The van der Waals surface area contributed by atoms with E-state index in [9.17, 15) is 4.79 Å². The van der Waals surface area contributed by atoms with Gasteiger partial charge in [-0.05, 0) is 60.3 Å². The zero-order valence-electron chi connectivity index (χ0n) is 23.0. The topological polar surface area (TPSA) is 153 Å². The lowest BCUT2D eigenvalue weighted by Gasteiger charge is -2.20. The zero-order chi connectivity index (χ0) is 28.3. The number of benzene rings is 2. The number of hydrazine groups is 1. The maximum absolute atomic E-state index is 10.8. The Bertz CT molecular complexity index is 1370. The van der Waals surface area contributed by atoms with Gasteiger partial charge in [-0.15, -0.1) is 0 Å². The number of likely N-dealkylation sites (N-methyl/N-ethyl adjacent to an activating group) is 1. The fraction of sp³-hybridized carbons (Fsp3) is 0.300. The number of anilines is 3. The number of aldehydes is 1. The van der Waals surface area contributed by atoms with Gasteiger partial charge >= 0.3 is 0 Å². The normalized spacial score (nSPS) is 12.0. The highest BCUT2D eigenvalue weighted by Gasteiger charge is 2.21. The van der Waals surface area contributed by atoms with Crippen LogP contribution in [0.3, 0.4) is 0 Å². The van der Waals surface area contributed by atoms with Gasteiger partial charge in [0.1, 0.15) is 12.1 Å². The maximum Gasteiger partial charge on any atom is 0.165 e. The van der Waals surface area contributed by atoms with Gasteiger partial charge in [0.05, 0.1) is 25.0 Å². The number of carbonyl (C=O) groups excluding carboxylic acids is 1. The Morgan fingerprint density at radius 3 is 2.60 bits per heavy atom. The van der Waals surface area contributed by atoms with Crippen LogP contribution in [0.15, 0.2) is 73.1 Å². The molecule has 0 bridgehead atoms. The third kappa shape index (κ3) is 7.89. The molecular formula is C30H39N9O. The van der Waals surface area contributed by atoms with Crippen LogP contribution in [-0.4, -0.2) is 52.6 Å². The van der Waals surface area contributed by atoms with Gasteiger partial charge in [0.2, 0.25) is 0 Å². The fourth-order valence-corrected chi connectivity index (χ4v) is 4.92. The van der Waals surface area contributed by atoms with Crippen LogP contribution in [0.1, 0.15) is 40.2 Å². The molecule has 0 aliphatic carbocycles. The third-order valence-corrected chi connectivity index (χ3v) is 6.93. The first kappa shape index (κ1) is 28.8. The molecule has 2 aromatic carbocycles. The Hall–Kier alpha value is -4.25. The number of aromatic nitrogens is 3. The molecule has 1 atom stereocenters. The van der Waals surface area contributed by atoms with E-state index in [1.165, 1.54) is 16.7 Å². The summed E-state index contributed by atoms with van der Waals surface area (Å²) in [6.45, 7) is 3.40. The summed E-state index contributed by atoms with van der Waals surface area (Å²) < 4.78 is 1.93. The molecule has 0 aliphatic rings. The van der Waals surface area contributed by atoms with Gasteiger partial charge < -0.3 is 31.9 Å². The van der Waals surface area contributed by atoms with Crippen molar-refractivity contribution in [3.05, 3.63) is 101 Å². The van der Waals surface area contributed by atoms with Crippen LogP contribution in [0.4, 0.5) is 17.3 Å². The molecule has 0 aliphatic heterocycles. The first-order valence-corrected chi connectivity index (χ1v) is 13.5. The van der Waals surface area contributed by atoms with Gasteiger partial charge in [-0.3, -0.25) is 4.68 Å². The van der Waals surface area contributed by atoms with E-state index in [2.05, 4.69) is 81.3 Å². The Morgan fingerprint density at radius 1 is 1.05 bits per heavy atom. The second-order valence-electron chi connectivity index (χ2n) is 10.0. The van der Waals surface area contributed by atoms with Crippen LogP contribution in [0.5, 0.6) is 0 Å². The molecule has 0 spiro atoms. The van der Waals surface area contributed by atoms with Crippen LogP contribution in [0.2, 0.25) is 0 Å². The number of pyridine rings is 1. The molecule has 8 N–H and O–H groups in total. The molecule has 0 saturated heterocycles. The standard InChI is InChI=1S/C30H39N9O/c1-38(14-11-22-6-3-2-4-7-22)19-23-8-5-9-24(16-23)20-39-21-25(18-35-39)26(10-12-34-13-15-40)27-17-28(31)36-30(37-33)29(27)32/h2-9,15-18,21,26,34H,10-14,19-20,32-33H2,1H3,(H3,31,36,37). The Balaban J connectivity index is 1.46. The molecule has 0 radical (unpaired) electrons. The minimum absolute atomic E-state index is 0.116. The summed E-state index contributed by atoms with van der Waals surface area (Å²) >= 11 is 0. The summed E-state index contributed by atoms with van der Waals surface area (Å²) in [4.78, 5) is 17.3. The quantitative estimate of drug-likeness (QED) is 0.0662. The summed E-state index contributed by atoms with van der Waals surface area (Å²) in [7, 11) is 2.16.